The molecule has 0 aliphatic heterocycles. The Bertz CT molecular complexity index is 883. The smallest absolute Gasteiger partial charge is 0.354 e. The number of aromatic nitrogens is 1. The summed E-state index contributed by atoms with van der Waals surface area (Å²) in [4.78, 5) is 15.4. The molecule has 114 valence electrons. The number of benzene rings is 2. The van der Waals surface area contributed by atoms with Crippen molar-refractivity contribution < 1.29 is 18.0 Å². The van der Waals surface area contributed by atoms with Gasteiger partial charge < -0.3 is 10.7 Å². The van der Waals surface area contributed by atoms with Crippen LogP contribution in [0.5, 0.6) is 0 Å². The number of nitrogens with zero attached hydrogens (tertiary/aromatic N) is 1. The highest BCUT2D eigenvalue weighted by molar-refractivity contribution is 6.08. The van der Waals surface area contributed by atoms with Crippen LogP contribution in [0.2, 0.25) is 0 Å². The number of aromatic amines is 1. The predicted octanol–water partition coefficient (Wildman–Crippen LogP) is 3.85. The van der Waals surface area contributed by atoms with Crippen molar-refractivity contribution >= 4 is 33.5 Å². The second-order valence-corrected chi connectivity index (χ2v) is 5.01. The quantitative estimate of drug-likeness (QED) is 0.704. The number of nitrogens with two attached hydrogens (primary N) is 1. The molecule has 0 aliphatic carbocycles. The molecule has 0 atom stereocenters. The molecule has 3 rings (SSSR count). The Morgan fingerprint density at radius 3 is 2.27 bits per heavy atom. The van der Waals surface area contributed by atoms with E-state index in [0.29, 0.717) is 22.1 Å². The summed E-state index contributed by atoms with van der Waals surface area (Å²) in [6, 6.07) is 8.07. The van der Waals surface area contributed by atoms with Crippen LogP contribution >= 0.6 is 0 Å². The van der Waals surface area contributed by atoms with Crippen LogP contribution in [0.4, 0.5) is 23.7 Å². The van der Waals surface area contributed by atoms with Gasteiger partial charge in [0, 0.05) is 34.5 Å². The van der Waals surface area contributed by atoms with Crippen LogP contribution in [0.3, 0.4) is 0 Å². The molecule has 1 aromatic heterocycles. The molecule has 0 saturated heterocycles. The van der Waals surface area contributed by atoms with Crippen molar-refractivity contribution in [3.8, 4) is 0 Å². The van der Waals surface area contributed by atoms with Crippen molar-refractivity contribution in [2.24, 2.45) is 5.73 Å². The normalized spacial score (nSPS) is 12.0. The molecule has 0 aliphatic rings. The molecule has 0 fully saturated rings. The van der Waals surface area contributed by atoms with Gasteiger partial charge in [0.2, 0.25) is 0 Å². The summed E-state index contributed by atoms with van der Waals surface area (Å²) in [5.41, 5.74) is 6.09. The number of carbonyl (C=O) groups excluding carboxylic acids is 1. The highest BCUT2D eigenvalue weighted by Gasteiger charge is 2.30. The molecule has 2 aromatic carbocycles. The summed E-state index contributed by atoms with van der Waals surface area (Å²) in [6.45, 7) is 0. The van der Waals surface area contributed by atoms with Gasteiger partial charge in [0.25, 0.3) is 0 Å². The van der Waals surface area contributed by atoms with E-state index in [1.165, 1.54) is 18.0 Å². The molecule has 0 bridgehead atoms. The zero-order valence-electron chi connectivity index (χ0n) is 11.5. The zero-order chi connectivity index (χ0) is 16.1. The van der Waals surface area contributed by atoms with Crippen molar-refractivity contribution in [1.82, 2.24) is 4.98 Å². The zero-order valence-corrected chi connectivity index (χ0v) is 11.5. The van der Waals surface area contributed by atoms with Crippen molar-refractivity contribution in [2.75, 3.05) is 11.9 Å². The molecule has 0 spiro atoms. The number of halogens is 3. The number of hydrogen-bond donors (Lipinski definition) is 2. The lowest BCUT2D eigenvalue weighted by Gasteiger charge is -2.13. The lowest BCUT2D eigenvalue weighted by Crippen LogP contribution is -2.31. The van der Waals surface area contributed by atoms with Gasteiger partial charge in [0.1, 0.15) is 0 Å². The number of fused-ring (bicyclic) bond motifs is 3. The predicted molar refractivity (Wildman–Crippen MR) is 78.8 cm³/mol. The van der Waals surface area contributed by atoms with Crippen molar-refractivity contribution in [2.45, 2.75) is 6.18 Å². The Balaban J connectivity index is 2.18. The largest absolute Gasteiger partial charge is 0.416 e. The number of carbonyl (C=O) groups is 1. The van der Waals surface area contributed by atoms with Crippen LogP contribution in [-0.4, -0.2) is 18.1 Å². The topological polar surface area (TPSA) is 62.1 Å². The van der Waals surface area contributed by atoms with Crippen LogP contribution in [0.25, 0.3) is 21.8 Å². The van der Waals surface area contributed by atoms with E-state index >= 15 is 0 Å². The third-order valence-corrected chi connectivity index (χ3v) is 3.63. The van der Waals surface area contributed by atoms with Crippen LogP contribution in [0.1, 0.15) is 5.56 Å². The first-order valence-corrected chi connectivity index (χ1v) is 6.43. The second kappa shape index (κ2) is 4.66. The first-order valence-electron chi connectivity index (χ1n) is 6.43. The Labute approximate surface area is 123 Å². The highest BCUT2D eigenvalue weighted by Crippen LogP contribution is 2.34. The summed E-state index contributed by atoms with van der Waals surface area (Å²) < 4.78 is 38.3. The fraction of sp³-hybridized carbons (Fsp3) is 0.133. The maximum absolute atomic E-state index is 12.8. The van der Waals surface area contributed by atoms with Gasteiger partial charge >= 0.3 is 12.2 Å². The average Bonchev–Trinajstić information content (AvgIpc) is 2.81. The van der Waals surface area contributed by atoms with Crippen molar-refractivity contribution in [3.63, 3.8) is 0 Å². The molecule has 7 heteroatoms. The summed E-state index contributed by atoms with van der Waals surface area (Å²) >= 11 is 0. The lowest BCUT2D eigenvalue weighted by molar-refractivity contribution is -0.137. The van der Waals surface area contributed by atoms with Gasteiger partial charge in [-0.1, -0.05) is 12.1 Å². The molecule has 3 N–H and O–H groups in total. The van der Waals surface area contributed by atoms with Gasteiger partial charge in [-0.15, -0.1) is 0 Å². The van der Waals surface area contributed by atoms with Gasteiger partial charge in [-0.3, -0.25) is 4.90 Å². The fourth-order valence-corrected chi connectivity index (χ4v) is 2.41. The first kappa shape index (κ1) is 14.2. The van der Waals surface area contributed by atoms with Crippen molar-refractivity contribution in [3.05, 3.63) is 42.0 Å². The number of primary amides is 1. The molecule has 0 radical (unpaired) electrons. The fourth-order valence-electron chi connectivity index (χ4n) is 2.41. The maximum atomic E-state index is 12.8. The number of anilines is 1. The van der Waals surface area contributed by atoms with Crippen LogP contribution in [-0.2, 0) is 6.18 Å². The van der Waals surface area contributed by atoms with E-state index in [2.05, 4.69) is 4.98 Å². The van der Waals surface area contributed by atoms with Crippen molar-refractivity contribution in [1.29, 1.82) is 0 Å². The highest BCUT2D eigenvalue weighted by atomic mass is 19.4. The lowest BCUT2D eigenvalue weighted by atomic mass is 10.1. The molecule has 1 heterocycles. The minimum absolute atomic E-state index is 0.392. The number of nitrogens with one attached hydrogen (secondary N) is 1. The number of H-pyrrole nitrogens is 1. The number of rotatable bonds is 1. The van der Waals surface area contributed by atoms with E-state index in [0.717, 1.165) is 17.5 Å². The summed E-state index contributed by atoms with van der Waals surface area (Å²) in [7, 11) is 1.52. The van der Waals surface area contributed by atoms with Gasteiger partial charge in [0.05, 0.1) is 5.56 Å². The Hall–Kier alpha value is -2.70. The maximum Gasteiger partial charge on any atom is 0.416 e. The second-order valence-electron chi connectivity index (χ2n) is 5.01. The molecule has 4 nitrogen and oxygen atoms in total. The molecule has 2 amide bonds. The number of alkyl halides is 3. The van der Waals surface area contributed by atoms with E-state index in [-0.39, 0.29) is 0 Å². The SMILES string of the molecule is CN(C(N)=O)c1ccc2c(c1)[nH]c1cc(C(F)(F)F)ccc12. The van der Waals surface area contributed by atoms with Gasteiger partial charge in [-0.25, -0.2) is 4.79 Å². The molecule has 0 unspecified atom stereocenters. The minimum Gasteiger partial charge on any atom is -0.354 e. The number of urea groups is 1. The third kappa shape index (κ3) is 2.24. The Kier molecular flexibility index (Phi) is 3.01. The van der Waals surface area contributed by atoms with Gasteiger partial charge in [-0.2, -0.15) is 13.2 Å². The number of hydrogen-bond acceptors (Lipinski definition) is 1. The Morgan fingerprint density at radius 2 is 1.68 bits per heavy atom. The first-order chi connectivity index (χ1) is 10.3. The third-order valence-electron chi connectivity index (χ3n) is 3.63. The van der Waals surface area contributed by atoms with Gasteiger partial charge in [-0.05, 0) is 24.3 Å². The van der Waals surface area contributed by atoms with E-state index < -0.39 is 17.8 Å². The van der Waals surface area contributed by atoms with E-state index in [4.69, 9.17) is 5.73 Å². The van der Waals surface area contributed by atoms with Crippen LogP contribution in [0, 0.1) is 0 Å². The minimum atomic E-state index is -4.39. The molecular weight excluding hydrogens is 295 g/mol. The van der Waals surface area contributed by atoms with E-state index in [1.807, 2.05) is 0 Å². The van der Waals surface area contributed by atoms with E-state index in [1.54, 1.807) is 18.2 Å². The number of amides is 2. The molecular formula is C15H12F3N3O. The van der Waals surface area contributed by atoms with Gasteiger partial charge in [0.15, 0.2) is 0 Å². The summed E-state index contributed by atoms with van der Waals surface area (Å²) in [6.07, 6.45) is -4.39. The van der Waals surface area contributed by atoms with Crippen LogP contribution in [0.15, 0.2) is 36.4 Å². The van der Waals surface area contributed by atoms with E-state index in [9.17, 15) is 18.0 Å². The molecule has 0 saturated carbocycles. The monoisotopic (exact) mass is 307 g/mol. The standard InChI is InChI=1S/C15H12F3N3O/c1-21(14(19)22)9-3-5-11-10-4-2-8(15(16,17)18)6-12(10)20-13(11)7-9/h2-7,20H,1H3,(H2,19,22). The Morgan fingerprint density at radius 1 is 1.09 bits per heavy atom. The molecule has 3 aromatic rings. The summed E-state index contributed by atoms with van der Waals surface area (Å²) in [5.74, 6) is 0. The molecule has 22 heavy (non-hydrogen) atoms. The summed E-state index contributed by atoms with van der Waals surface area (Å²) in [5, 5.41) is 1.47. The average molecular weight is 307 g/mol. The van der Waals surface area contributed by atoms with Crippen LogP contribution < -0.4 is 10.6 Å².